The van der Waals surface area contributed by atoms with Crippen molar-refractivity contribution in [2.45, 2.75) is 31.9 Å². The van der Waals surface area contributed by atoms with Crippen molar-refractivity contribution >= 4 is 6.09 Å². The number of rotatable bonds is 3. The van der Waals surface area contributed by atoms with E-state index in [9.17, 15) is 18.0 Å². The first-order chi connectivity index (χ1) is 12.4. The van der Waals surface area contributed by atoms with Crippen molar-refractivity contribution in [3.05, 3.63) is 59.4 Å². The summed E-state index contributed by atoms with van der Waals surface area (Å²) in [5.74, 6) is 0.449. The lowest BCUT2D eigenvalue weighted by molar-refractivity contribution is -0.137. The van der Waals surface area contributed by atoms with Crippen molar-refractivity contribution in [3.63, 3.8) is 0 Å². The fourth-order valence-corrected chi connectivity index (χ4v) is 2.82. The topological polar surface area (TPSA) is 42.4 Å². The minimum atomic E-state index is -4.38. The van der Waals surface area contributed by atoms with Gasteiger partial charge < -0.3 is 9.64 Å². The highest BCUT2D eigenvalue weighted by molar-refractivity contribution is 5.70. The zero-order chi connectivity index (χ0) is 18.6. The normalized spacial score (nSPS) is 15.0. The number of halogens is 3. The molecule has 3 rings (SSSR count). The van der Waals surface area contributed by atoms with Crippen molar-refractivity contribution in [3.8, 4) is 5.75 Å². The van der Waals surface area contributed by atoms with Gasteiger partial charge in [0.25, 0.3) is 0 Å². The van der Waals surface area contributed by atoms with Gasteiger partial charge >= 0.3 is 12.3 Å². The number of hydrogen-bond donors (Lipinski definition) is 0. The van der Waals surface area contributed by atoms with Gasteiger partial charge in [0, 0.05) is 31.4 Å². The molecule has 2 aromatic rings. The lowest BCUT2D eigenvalue weighted by atomic mass is 10.1. The molecule has 138 valence electrons. The Morgan fingerprint density at radius 2 is 1.73 bits per heavy atom. The van der Waals surface area contributed by atoms with Gasteiger partial charge in [-0.25, -0.2) is 4.79 Å². The van der Waals surface area contributed by atoms with E-state index >= 15 is 0 Å². The maximum atomic E-state index is 12.5. The van der Waals surface area contributed by atoms with E-state index in [4.69, 9.17) is 4.74 Å². The summed E-state index contributed by atoms with van der Waals surface area (Å²) < 4.78 is 43.0. The zero-order valence-corrected chi connectivity index (χ0v) is 14.1. The van der Waals surface area contributed by atoms with Crippen LogP contribution in [0.25, 0.3) is 0 Å². The van der Waals surface area contributed by atoms with Crippen LogP contribution in [0.4, 0.5) is 18.0 Å². The SMILES string of the molecule is O=C(Oc1ccc(Cc2ccc(C(F)(F)F)cn2)cc1)N1CCCCC1. The standard InChI is InChI=1S/C19H19F3N2O2/c20-19(21,22)15-6-7-16(23-13-15)12-14-4-8-17(9-5-14)26-18(25)24-10-2-1-3-11-24/h4-9,13H,1-3,10-12H2. The molecule has 4 nitrogen and oxygen atoms in total. The van der Waals surface area contributed by atoms with Gasteiger partial charge in [-0.1, -0.05) is 12.1 Å². The van der Waals surface area contributed by atoms with Gasteiger partial charge in [-0.2, -0.15) is 13.2 Å². The lowest BCUT2D eigenvalue weighted by Crippen LogP contribution is -2.37. The maximum absolute atomic E-state index is 12.5. The van der Waals surface area contributed by atoms with Crippen molar-refractivity contribution in [2.75, 3.05) is 13.1 Å². The summed E-state index contributed by atoms with van der Waals surface area (Å²) in [6, 6.07) is 9.31. The second-order valence-corrected chi connectivity index (χ2v) is 6.27. The van der Waals surface area contributed by atoms with Crippen LogP contribution in [0.2, 0.25) is 0 Å². The summed E-state index contributed by atoms with van der Waals surface area (Å²) in [7, 11) is 0. The van der Waals surface area contributed by atoms with E-state index in [1.807, 2.05) is 0 Å². The Balaban J connectivity index is 1.58. The van der Waals surface area contributed by atoms with Gasteiger partial charge in [-0.3, -0.25) is 4.98 Å². The molecule has 2 heterocycles. The van der Waals surface area contributed by atoms with Gasteiger partial charge in [0.2, 0.25) is 0 Å². The highest BCUT2D eigenvalue weighted by Crippen LogP contribution is 2.28. The smallest absolute Gasteiger partial charge is 0.410 e. The second kappa shape index (κ2) is 7.76. The molecule has 1 amide bonds. The van der Waals surface area contributed by atoms with Crippen LogP contribution in [0.5, 0.6) is 5.75 Å². The minimum absolute atomic E-state index is 0.346. The quantitative estimate of drug-likeness (QED) is 0.794. The molecule has 1 aliphatic rings. The fourth-order valence-electron chi connectivity index (χ4n) is 2.82. The molecule has 26 heavy (non-hydrogen) atoms. The van der Waals surface area contributed by atoms with Crippen LogP contribution >= 0.6 is 0 Å². The highest BCUT2D eigenvalue weighted by atomic mass is 19.4. The first-order valence-corrected chi connectivity index (χ1v) is 8.50. The number of piperidine rings is 1. The molecule has 0 unspecified atom stereocenters. The third-order valence-electron chi connectivity index (χ3n) is 4.28. The van der Waals surface area contributed by atoms with Gasteiger partial charge in [0.15, 0.2) is 0 Å². The van der Waals surface area contributed by atoms with Crippen LogP contribution in [0.3, 0.4) is 0 Å². The Bertz CT molecular complexity index is 737. The number of amides is 1. The first kappa shape index (κ1) is 18.2. The Morgan fingerprint density at radius 3 is 2.31 bits per heavy atom. The van der Waals surface area contributed by atoms with Crippen LogP contribution in [0.1, 0.15) is 36.1 Å². The largest absolute Gasteiger partial charge is 0.417 e. The van der Waals surface area contributed by atoms with Gasteiger partial charge in [0.05, 0.1) is 5.56 Å². The fraction of sp³-hybridized carbons (Fsp3) is 0.368. The molecule has 0 spiro atoms. The van der Waals surface area contributed by atoms with Crippen LogP contribution < -0.4 is 4.74 Å². The minimum Gasteiger partial charge on any atom is -0.410 e. The number of hydrogen-bond acceptors (Lipinski definition) is 3. The Kier molecular flexibility index (Phi) is 5.44. The predicted molar refractivity (Wildman–Crippen MR) is 89.9 cm³/mol. The monoisotopic (exact) mass is 364 g/mol. The molecular weight excluding hydrogens is 345 g/mol. The van der Waals surface area contributed by atoms with E-state index in [0.717, 1.165) is 50.2 Å². The van der Waals surface area contributed by atoms with E-state index < -0.39 is 11.7 Å². The lowest BCUT2D eigenvalue weighted by Gasteiger charge is -2.25. The summed E-state index contributed by atoms with van der Waals surface area (Å²) in [5, 5.41) is 0. The van der Waals surface area contributed by atoms with Crippen molar-refractivity contribution in [1.29, 1.82) is 0 Å². The Labute approximate surface area is 149 Å². The highest BCUT2D eigenvalue weighted by Gasteiger charge is 2.30. The first-order valence-electron chi connectivity index (χ1n) is 8.50. The number of pyridine rings is 1. The van der Waals surface area contributed by atoms with Crippen LogP contribution in [-0.2, 0) is 12.6 Å². The third kappa shape index (κ3) is 4.74. The summed E-state index contributed by atoms with van der Waals surface area (Å²) in [4.78, 5) is 17.6. The number of ether oxygens (including phenoxy) is 1. The van der Waals surface area contributed by atoms with E-state index in [-0.39, 0.29) is 6.09 Å². The molecule has 0 saturated carbocycles. The number of alkyl halides is 3. The molecule has 1 saturated heterocycles. The van der Waals surface area contributed by atoms with E-state index in [1.165, 1.54) is 6.07 Å². The molecule has 0 radical (unpaired) electrons. The molecule has 1 aliphatic heterocycles. The number of nitrogens with zero attached hydrogens (tertiary/aromatic N) is 2. The molecule has 1 aromatic heterocycles. The number of likely N-dealkylation sites (tertiary alicyclic amines) is 1. The number of carbonyl (C=O) groups is 1. The van der Waals surface area contributed by atoms with E-state index in [1.54, 1.807) is 29.2 Å². The zero-order valence-electron chi connectivity index (χ0n) is 14.1. The van der Waals surface area contributed by atoms with Gasteiger partial charge in [-0.15, -0.1) is 0 Å². The molecule has 0 bridgehead atoms. The number of benzene rings is 1. The number of aromatic nitrogens is 1. The molecule has 0 aliphatic carbocycles. The molecule has 0 N–H and O–H groups in total. The maximum Gasteiger partial charge on any atom is 0.417 e. The summed E-state index contributed by atoms with van der Waals surface area (Å²) >= 11 is 0. The average molecular weight is 364 g/mol. The Hall–Kier alpha value is -2.57. The Morgan fingerprint density at radius 1 is 1.04 bits per heavy atom. The predicted octanol–water partition coefficient (Wildman–Crippen LogP) is 4.68. The van der Waals surface area contributed by atoms with E-state index in [0.29, 0.717) is 17.9 Å². The summed E-state index contributed by atoms with van der Waals surface area (Å²) in [6.07, 6.45) is -0.367. The summed E-state index contributed by atoms with van der Waals surface area (Å²) in [6.45, 7) is 1.44. The van der Waals surface area contributed by atoms with Crippen molar-refractivity contribution in [2.24, 2.45) is 0 Å². The average Bonchev–Trinajstić information content (AvgIpc) is 2.64. The molecule has 0 atom stereocenters. The van der Waals surface area contributed by atoms with E-state index in [2.05, 4.69) is 4.98 Å². The molecule has 1 aromatic carbocycles. The third-order valence-corrected chi connectivity index (χ3v) is 4.28. The van der Waals surface area contributed by atoms with Crippen LogP contribution in [-0.4, -0.2) is 29.1 Å². The molecule has 1 fully saturated rings. The summed E-state index contributed by atoms with van der Waals surface area (Å²) in [5.41, 5.74) is 0.646. The van der Waals surface area contributed by atoms with Gasteiger partial charge in [0.1, 0.15) is 5.75 Å². The van der Waals surface area contributed by atoms with Crippen molar-refractivity contribution < 1.29 is 22.7 Å². The van der Waals surface area contributed by atoms with Crippen molar-refractivity contribution in [1.82, 2.24) is 9.88 Å². The molecular formula is C19H19F3N2O2. The van der Waals surface area contributed by atoms with Crippen LogP contribution in [0, 0.1) is 0 Å². The second-order valence-electron chi connectivity index (χ2n) is 6.27. The van der Waals surface area contributed by atoms with Gasteiger partial charge in [-0.05, 0) is 49.1 Å². The number of carbonyl (C=O) groups excluding carboxylic acids is 1. The molecule has 7 heteroatoms. The van der Waals surface area contributed by atoms with Crippen LogP contribution in [0.15, 0.2) is 42.6 Å².